The van der Waals surface area contributed by atoms with Crippen molar-refractivity contribution >= 4 is 0 Å². The van der Waals surface area contributed by atoms with E-state index >= 15 is 0 Å². The Morgan fingerprint density at radius 2 is 0.692 bits per heavy atom. The molecule has 2 bridgehead atoms. The lowest BCUT2D eigenvalue weighted by Crippen LogP contribution is -2.39. The molecule has 12 rings (SSSR count). The Hall–Kier alpha value is 0. The molecule has 15 unspecified atom stereocenters. The minimum Gasteiger partial charge on any atom is -0.0651 e. The minimum absolute atomic E-state index is 0.637. The second kappa shape index (κ2) is 42.2. The average molecular weight is 1270 g/mol. The van der Waals surface area contributed by atoms with Crippen molar-refractivity contribution in [3.63, 3.8) is 0 Å². The smallest absolute Gasteiger partial charge is 0.0297 e. The van der Waals surface area contributed by atoms with Crippen molar-refractivity contribution in [3.05, 3.63) is 0 Å². The van der Waals surface area contributed by atoms with E-state index in [9.17, 15) is 0 Å². The fourth-order valence-electron chi connectivity index (χ4n) is 19.4. The van der Waals surface area contributed by atoms with Gasteiger partial charge in [-0.3, -0.25) is 0 Å². The first-order chi connectivity index (χ1) is 42.2. The summed E-state index contributed by atoms with van der Waals surface area (Å²) in [5.74, 6) is 28.0. The monoisotopic (exact) mass is 1270 g/mol. The van der Waals surface area contributed by atoms with Crippen molar-refractivity contribution in [1.29, 1.82) is 0 Å². The van der Waals surface area contributed by atoms with E-state index in [1.54, 1.807) is 0 Å². The summed E-state index contributed by atoms with van der Waals surface area (Å²) in [6, 6.07) is 0. The van der Waals surface area contributed by atoms with Gasteiger partial charge in [-0.2, -0.15) is 0 Å². The van der Waals surface area contributed by atoms with E-state index in [-0.39, 0.29) is 0 Å². The predicted octanol–water partition coefficient (Wildman–Crippen LogP) is 30.8. The lowest BCUT2D eigenvalue weighted by atomic mass is 9.60. The number of hydrogen-bond acceptors (Lipinski definition) is 0. The Morgan fingerprint density at radius 3 is 0.824 bits per heavy atom. The summed E-state index contributed by atoms with van der Waals surface area (Å²) >= 11 is 0. The van der Waals surface area contributed by atoms with Crippen LogP contribution in [-0.4, -0.2) is 0 Å². The third-order valence-electron chi connectivity index (χ3n) is 31.3. The van der Waals surface area contributed by atoms with Crippen LogP contribution >= 0.6 is 0 Å². The number of fused-ring (bicyclic) bond motifs is 2. The van der Waals surface area contributed by atoms with Crippen molar-refractivity contribution in [3.8, 4) is 0 Å². The highest BCUT2D eigenvalue weighted by atomic mass is 14.5. The molecule has 0 saturated heterocycles. The van der Waals surface area contributed by atoms with Gasteiger partial charge in [-0.25, -0.2) is 0 Å². The lowest BCUT2D eigenvalue weighted by Gasteiger charge is -2.45. The molecule has 0 heterocycles. The highest BCUT2D eigenvalue weighted by molar-refractivity contribution is 4.97. The molecule has 12 fully saturated rings. The molecule has 16 atom stereocenters. The van der Waals surface area contributed by atoms with Gasteiger partial charge in [0.25, 0.3) is 0 Å². The van der Waals surface area contributed by atoms with Gasteiger partial charge in [-0.15, -0.1) is 0 Å². The summed E-state index contributed by atoms with van der Waals surface area (Å²) in [6.45, 7) is 75.8. The van der Waals surface area contributed by atoms with E-state index in [4.69, 9.17) is 0 Å². The maximum absolute atomic E-state index is 2.48. The Kier molecular flexibility index (Phi) is 40.4. The van der Waals surface area contributed by atoms with Crippen LogP contribution in [-0.2, 0) is 0 Å². The van der Waals surface area contributed by atoms with E-state index in [1.165, 1.54) is 180 Å². The summed E-state index contributed by atoms with van der Waals surface area (Å²) in [4.78, 5) is 0. The first kappa shape index (κ1) is 87.1. The zero-order chi connectivity index (χ0) is 69.5. The molecule has 12 aliphatic carbocycles. The van der Waals surface area contributed by atoms with E-state index in [0.29, 0.717) is 10.8 Å². The Labute approximate surface area is 580 Å². The van der Waals surface area contributed by atoms with E-state index in [1.807, 2.05) is 0 Å². The standard InChI is InChI=1S/C9H16.2C9H18.8C8H16/c1-7-5-8-3-4-9(7,2)6-8;1-7-5-4-6-8(2)9(7)3;1-4-9(2,3)8-6-5-7-8;2*1-6-4-7(2)8(3)5-6;1-6(2)8-4-7(3)5-8;1-7-4-5-8(2,3)6-7;2*1-6-4-5-7(2)8(6)3;1-5-6(2)8(4)7(5)3;1-3-7(2)8-5-4-6-8/h7-8H,3-6H2,1-2H3;7-9H,4-6H2,1-3H3;8H,4-7H2,1-3H3;3*6-8H,4-5H2,1-3H3;7H,4-6H2,1-3H3;2*6-8H,4-5H2,1-3H3;5-8H,1-4H3;7-8H,3-6H2,1-2H3/t;;;6?,7-,8?;;;;;;;/m...0......./s1. The van der Waals surface area contributed by atoms with Crippen LogP contribution in [0.2, 0.25) is 0 Å². The zero-order valence-corrected chi connectivity index (χ0v) is 69.5. The van der Waals surface area contributed by atoms with Crippen molar-refractivity contribution in [1.82, 2.24) is 0 Å². The first-order valence-corrected chi connectivity index (χ1v) is 42.2. The van der Waals surface area contributed by atoms with Crippen LogP contribution in [0.5, 0.6) is 0 Å². The van der Waals surface area contributed by atoms with Gasteiger partial charge in [0.05, 0.1) is 0 Å². The average Bonchev–Trinajstić information content (AvgIpc) is 1.73. The molecule has 0 radical (unpaired) electrons. The fraction of sp³-hybridized carbons (Fsp3) is 1.00. The van der Waals surface area contributed by atoms with Crippen LogP contribution in [0.4, 0.5) is 0 Å². The maximum Gasteiger partial charge on any atom is -0.0297 e. The van der Waals surface area contributed by atoms with Crippen LogP contribution in [0.25, 0.3) is 0 Å². The summed E-state index contributed by atoms with van der Waals surface area (Å²) in [5, 5.41) is 0. The molecule has 0 aromatic rings. The van der Waals surface area contributed by atoms with Crippen LogP contribution < -0.4 is 0 Å². The van der Waals surface area contributed by atoms with Gasteiger partial charge < -0.3 is 0 Å². The van der Waals surface area contributed by atoms with Crippen LogP contribution in [0.1, 0.15) is 401 Å². The largest absolute Gasteiger partial charge is 0.0651 e. The van der Waals surface area contributed by atoms with Crippen molar-refractivity contribution in [2.45, 2.75) is 401 Å². The normalized spacial score (nSPS) is 42.4. The lowest BCUT2D eigenvalue weighted by molar-refractivity contribution is 0.0302. The van der Waals surface area contributed by atoms with E-state index < -0.39 is 0 Å². The molecule has 0 amide bonds. The molecular formula is C91H180. The van der Waals surface area contributed by atoms with E-state index in [0.717, 1.165) is 171 Å². The van der Waals surface area contributed by atoms with E-state index in [2.05, 4.69) is 222 Å². The van der Waals surface area contributed by atoms with Gasteiger partial charge in [0.1, 0.15) is 0 Å². The topological polar surface area (TPSA) is 0 Å². The van der Waals surface area contributed by atoms with Gasteiger partial charge in [-0.1, -0.05) is 311 Å². The summed E-state index contributed by atoms with van der Waals surface area (Å²) in [5.41, 5.74) is 2.07. The molecule has 0 heteroatoms. The van der Waals surface area contributed by atoms with Crippen LogP contribution in [0.3, 0.4) is 0 Å². The summed E-state index contributed by atoms with van der Waals surface area (Å²) < 4.78 is 0. The third-order valence-corrected chi connectivity index (χ3v) is 31.3. The first-order valence-electron chi connectivity index (χ1n) is 42.2. The molecule has 0 N–H and O–H groups in total. The Bertz CT molecular complexity index is 1660. The van der Waals surface area contributed by atoms with Gasteiger partial charge in [0.15, 0.2) is 0 Å². The molecule has 544 valence electrons. The SMILES string of the molecule is CC1C(C)C(C)C1C.CC1CC(C(C)C)C1.CC1CC(C)C(C)C1.CC1CC(C)[C@@H](C)C1.CC1CC2CCC1(C)C2.CC1CCC(C)(C)C1.CC1CCC(C)C1C.CC1CCC(C)C1C.CC1CCCC(C)C1C.CCC(C)(C)C1CCC1.CCC(C)C1CCC1. The van der Waals surface area contributed by atoms with Gasteiger partial charge in [0, 0.05) is 0 Å². The van der Waals surface area contributed by atoms with Gasteiger partial charge in [0.2, 0.25) is 0 Å². The zero-order valence-electron chi connectivity index (χ0n) is 69.5. The van der Waals surface area contributed by atoms with Crippen LogP contribution in [0, 0.1) is 182 Å². The number of hydrogen-bond donors (Lipinski definition) is 0. The molecular weight excluding hydrogens is 1090 g/mol. The molecule has 12 aliphatic rings. The fourth-order valence-corrected chi connectivity index (χ4v) is 19.4. The number of rotatable bonds is 5. The van der Waals surface area contributed by atoms with Gasteiger partial charge >= 0.3 is 0 Å². The molecule has 12 saturated carbocycles. The third kappa shape index (κ3) is 30.6. The molecule has 0 spiro atoms. The Morgan fingerprint density at radius 1 is 0.341 bits per heavy atom. The van der Waals surface area contributed by atoms with Crippen molar-refractivity contribution in [2.75, 3.05) is 0 Å². The molecule has 0 aliphatic heterocycles. The second-order valence-electron chi connectivity index (χ2n) is 40.1. The van der Waals surface area contributed by atoms with Gasteiger partial charge in [-0.05, 0) is 272 Å². The van der Waals surface area contributed by atoms with Crippen molar-refractivity contribution in [2.24, 2.45) is 182 Å². The highest BCUT2D eigenvalue weighted by Crippen LogP contribution is 2.57. The van der Waals surface area contributed by atoms with Crippen LogP contribution in [0.15, 0.2) is 0 Å². The minimum atomic E-state index is 0.637. The predicted molar refractivity (Wildman–Crippen MR) is 416 cm³/mol. The molecule has 0 aromatic carbocycles. The Balaban J connectivity index is 0.000000341. The molecule has 0 aromatic heterocycles. The molecule has 0 nitrogen and oxygen atoms in total. The maximum atomic E-state index is 2.48. The highest BCUT2D eigenvalue weighted by Gasteiger charge is 2.46. The summed E-state index contributed by atoms with van der Waals surface area (Å²) in [6.07, 6.45) is 41.2. The van der Waals surface area contributed by atoms with Crippen molar-refractivity contribution < 1.29 is 0 Å². The summed E-state index contributed by atoms with van der Waals surface area (Å²) in [7, 11) is 0. The quantitative estimate of drug-likeness (QED) is 0.257. The second-order valence-corrected chi connectivity index (χ2v) is 40.1. The molecule has 91 heavy (non-hydrogen) atoms.